The summed E-state index contributed by atoms with van der Waals surface area (Å²) in [6.07, 6.45) is 2.20. The highest BCUT2D eigenvalue weighted by molar-refractivity contribution is 6.56. The van der Waals surface area contributed by atoms with Crippen LogP contribution in [0.1, 0.15) is 30.9 Å². The molecule has 0 amide bonds. The van der Waals surface area contributed by atoms with Crippen molar-refractivity contribution in [2.75, 3.05) is 0 Å². The van der Waals surface area contributed by atoms with E-state index in [-0.39, 0.29) is 0 Å². The lowest BCUT2D eigenvalue weighted by Crippen LogP contribution is -2.44. The molecule has 5 heteroatoms. The van der Waals surface area contributed by atoms with E-state index in [1.54, 1.807) is 12.3 Å². The SMILES string of the molecule is Cc1c[n+](C[B-](F)(F)F)ccc1C(C)C. The second-order valence-corrected chi connectivity index (χ2v) is 4.15. The summed E-state index contributed by atoms with van der Waals surface area (Å²) in [5, 5.41) is 0. The van der Waals surface area contributed by atoms with Crippen LogP contribution in [0.2, 0.25) is 0 Å². The van der Waals surface area contributed by atoms with Crippen LogP contribution in [0.5, 0.6) is 0 Å². The van der Waals surface area contributed by atoms with Crippen LogP contribution in [-0.2, 0) is 6.44 Å². The molecule has 1 rings (SSSR count). The zero-order chi connectivity index (χ0) is 11.6. The summed E-state index contributed by atoms with van der Waals surface area (Å²) < 4.78 is 37.7. The molecule has 1 aromatic heterocycles. The normalized spacial score (nSPS) is 12.2. The van der Waals surface area contributed by atoms with Gasteiger partial charge in [0.25, 0.3) is 0 Å². The van der Waals surface area contributed by atoms with E-state index in [0.29, 0.717) is 5.92 Å². The number of hydrogen-bond donors (Lipinski definition) is 0. The molecule has 0 aliphatic heterocycles. The zero-order valence-corrected chi connectivity index (χ0v) is 9.17. The third-order valence-corrected chi connectivity index (χ3v) is 2.30. The largest absolute Gasteiger partial charge is 0.542 e. The van der Waals surface area contributed by atoms with Gasteiger partial charge in [-0.25, -0.2) is 4.57 Å². The standard InChI is InChI=1S/C10H15BF3N/c1-8(2)10-4-5-15(6-9(10)3)7-11(12,13)14/h4-6,8H,7H2,1-3H3. The maximum absolute atomic E-state index is 12.2. The minimum Gasteiger partial charge on any atom is -0.445 e. The van der Waals surface area contributed by atoms with Crippen molar-refractivity contribution in [3.8, 4) is 0 Å². The Labute approximate surface area is 88.0 Å². The van der Waals surface area contributed by atoms with Crippen molar-refractivity contribution < 1.29 is 17.5 Å². The number of aryl methyl sites for hydroxylation is 1. The molecule has 0 saturated heterocycles. The van der Waals surface area contributed by atoms with Crippen LogP contribution < -0.4 is 4.57 Å². The lowest BCUT2D eigenvalue weighted by Gasteiger charge is -2.12. The highest BCUT2D eigenvalue weighted by Gasteiger charge is 2.29. The molecule has 0 atom stereocenters. The van der Waals surface area contributed by atoms with Crippen molar-refractivity contribution in [2.24, 2.45) is 0 Å². The molecule has 0 bridgehead atoms. The number of pyridine rings is 1. The van der Waals surface area contributed by atoms with Gasteiger partial charge in [-0.15, -0.1) is 0 Å². The minimum atomic E-state index is -4.76. The first-order valence-electron chi connectivity index (χ1n) is 5.00. The molecule has 15 heavy (non-hydrogen) atoms. The van der Waals surface area contributed by atoms with Crippen LogP contribution >= 0.6 is 0 Å². The first-order chi connectivity index (χ1) is 6.79. The van der Waals surface area contributed by atoms with Crippen LogP contribution in [0.3, 0.4) is 0 Å². The molecule has 84 valence electrons. The number of hydrogen-bond acceptors (Lipinski definition) is 0. The van der Waals surface area contributed by atoms with Gasteiger partial charge in [-0.3, -0.25) is 0 Å². The molecule has 0 aliphatic rings. The molecule has 0 spiro atoms. The van der Waals surface area contributed by atoms with Gasteiger partial charge in [0.15, 0.2) is 12.4 Å². The first-order valence-corrected chi connectivity index (χ1v) is 5.00. The maximum atomic E-state index is 12.2. The molecular weight excluding hydrogens is 202 g/mol. The van der Waals surface area contributed by atoms with Gasteiger partial charge in [-0.1, -0.05) is 13.8 Å². The lowest BCUT2D eigenvalue weighted by molar-refractivity contribution is -0.684. The molecular formula is C10H15BF3N. The Morgan fingerprint density at radius 1 is 1.33 bits per heavy atom. The smallest absolute Gasteiger partial charge is 0.445 e. The predicted octanol–water partition coefficient (Wildman–Crippen LogP) is 2.79. The van der Waals surface area contributed by atoms with Crippen molar-refractivity contribution in [1.29, 1.82) is 0 Å². The lowest BCUT2D eigenvalue weighted by atomic mass is 9.91. The number of aromatic nitrogens is 1. The van der Waals surface area contributed by atoms with E-state index in [1.165, 1.54) is 10.8 Å². The van der Waals surface area contributed by atoms with Crippen LogP contribution in [0.15, 0.2) is 18.5 Å². The van der Waals surface area contributed by atoms with Crippen molar-refractivity contribution >= 4 is 6.98 Å². The van der Waals surface area contributed by atoms with E-state index in [0.717, 1.165) is 11.1 Å². The zero-order valence-electron chi connectivity index (χ0n) is 9.17. The van der Waals surface area contributed by atoms with Gasteiger partial charge >= 0.3 is 6.98 Å². The molecule has 1 nitrogen and oxygen atoms in total. The van der Waals surface area contributed by atoms with Crippen molar-refractivity contribution in [1.82, 2.24) is 0 Å². The monoisotopic (exact) mass is 217 g/mol. The fraction of sp³-hybridized carbons (Fsp3) is 0.500. The Morgan fingerprint density at radius 3 is 2.33 bits per heavy atom. The van der Waals surface area contributed by atoms with Crippen molar-refractivity contribution in [3.05, 3.63) is 29.6 Å². The van der Waals surface area contributed by atoms with Gasteiger partial charge < -0.3 is 12.9 Å². The third-order valence-electron chi connectivity index (χ3n) is 2.30. The fourth-order valence-corrected chi connectivity index (χ4v) is 1.67. The Balaban J connectivity index is 2.92. The van der Waals surface area contributed by atoms with E-state index in [4.69, 9.17) is 0 Å². The number of halogens is 3. The average molecular weight is 217 g/mol. The van der Waals surface area contributed by atoms with E-state index >= 15 is 0 Å². The molecule has 0 aromatic carbocycles. The van der Waals surface area contributed by atoms with Crippen LogP contribution in [0.4, 0.5) is 12.9 Å². The second kappa shape index (κ2) is 4.25. The molecule has 1 aromatic rings. The Bertz CT molecular complexity index is 347. The second-order valence-electron chi connectivity index (χ2n) is 4.15. The summed E-state index contributed by atoms with van der Waals surface area (Å²) in [5.41, 5.74) is 2.01. The van der Waals surface area contributed by atoms with Gasteiger partial charge in [0.05, 0.1) is 0 Å². The van der Waals surface area contributed by atoms with Crippen molar-refractivity contribution in [3.63, 3.8) is 0 Å². The number of nitrogens with zero attached hydrogens (tertiary/aromatic N) is 1. The van der Waals surface area contributed by atoms with Gasteiger partial charge in [0.1, 0.15) is 6.44 Å². The summed E-state index contributed by atoms with van der Waals surface area (Å²) >= 11 is 0. The summed E-state index contributed by atoms with van der Waals surface area (Å²) in [4.78, 5) is 0. The van der Waals surface area contributed by atoms with Gasteiger partial charge in [0.2, 0.25) is 0 Å². The van der Waals surface area contributed by atoms with Gasteiger partial charge in [0, 0.05) is 11.6 Å². The highest BCUT2D eigenvalue weighted by Crippen LogP contribution is 2.16. The molecule has 0 aliphatic carbocycles. The molecule has 1 heterocycles. The fourth-order valence-electron chi connectivity index (χ4n) is 1.67. The topological polar surface area (TPSA) is 3.88 Å². The Hall–Kier alpha value is -0.995. The average Bonchev–Trinajstić information content (AvgIpc) is 1.99. The first kappa shape index (κ1) is 12.1. The molecule has 0 unspecified atom stereocenters. The van der Waals surface area contributed by atoms with E-state index < -0.39 is 13.4 Å². The molecule has 0 fully saturated rings. The Morgan fingerprint density at radius 2 is 1.93 bits per heavy atom. The summed E-state index contributed by atoms with van der Waals surface area (Å²) in [5.74, 6) is 0.344. The van der Waals surface area contributed by atoms with Crippen LogP contribution in [-0.4, -0.2) is 6.98 Å². The van der Waals surface area contributed by atoms with Crippen molar-refractivity contribution in [2.45, 2.75) is 33.1 Å². The van der Waals surface area contributed by atoms with E-state index in [1.807, 2.05) is 20.8 Å². The van der Waals surface area contributed by atoms with E-state index in [2.05, 4.69) is 0 Å². The highest BCUT2D eigenvalue weighted by atomic mass is 19.4. The Kier molecular flexibility index (Phi) is 3.42. The minimum absolute atomic E-state index is 0.344. The molecule has 0 N–H and O–H groups in total. The summed E-state index contributed by atoms with van der Waals surface area (Å²) in [6, 6.07) is 1.77. The summed E-state index contributed by atoms with van der Waals surface area (Å²) in [6.45, 7) is 1.14. The predicted molar refractivity (Wildman–Crippen MR) is 54.5 cm³/mol. The van der Waals surface area contributed by atoms with Crippen LogP contribution in [0.25, 0.3) is 0 Å². The molecule has 0 saturated carbocycles. The quantitative estimate of drug-likeness (QED) is 0.541. The number of rotatable bonds is 3. The van der Waals surface area contributed by atoms with E-state index in [9.17, 15) is 12.9 Å². The molecule has 0 radical (unpaired) electrons. The third kappa shape index (κ3) is 3.57. The maximum Gasteiger partial charge on any atom is 0.542 e. The summed E-state index contributed by atoms with van der Waals surface area (Å²) in [7, 11) is 0. The van der Waals surface area contributed by atoms with Gasteiger partial charge in [-0.05, 0) is 18.4 Å². The van der Waals surface area contributed by atoms with Gasteiger partial charge in [-0.2, -0.15) is 0 Å². The van der Waals surface area contributed by atoms with Crippen LogP contribution in [0, 0.1) is 6.92 Å².